The fourth-order valence-electron chi connectivity index (χ4n) is 2.12. The predicted octanol–water partition coefficient (Wildman–Crippen LogP) is 3.70. The monoisotopic (exact) mass is 249 g/mol. The maximum absolute atomic E-state index is 6.24. The van der Waals surface area contributed by atoms with Gasteiger partial charge >= 0.3 is 0 Å². The third kappa shape index (κ3) is 5.19. The number of nitrogens with two attached hydrogens (primary N) is 1. The highest BCUT2D eigenvalue weighted by Gasteiger charge is 2.09. The smallest absolute Gasteiger partial charge is 0.0543 e. The molecule has 102 valence electrons. The molecule has 0 fully saturated rings. The van der Waals surface area contributed by atoms with E-state index in [-0.39, 0.29) is 12.1 Å². The molecule has 0 aromatic heterocycles. The minimum Gasteiger partial charge on any atom is -0.382 e. The summed E-state index contributed by atoms with van der Waals surface area (Å²) in [5.41, 5.74) is 8.88. The molecule has 0 heterocycles. The molecule has 0 aliphatic carbocycles. The SMILES string of the molecule is COC(C)CCC(N)c1cccc(CC(C)C)c1. The zero-order chi connectivity index (χ0) is 13.5. The van der Waals surface area contributed by atoms with E-state index in [9.17, 15) is 0 Å². The summed E-state index contributed by atoms with van der Waals surface area (Å²) in [6.07, 6.45) is 3.39. The van der Waals surface area contributed by atoms with Crippen LogP contribution in [0.2, 0.25) is 0 Å². The average Bonchev–Trinajstić information content (AvgIpc) is 2.35. The van der Waals surface area contributed by atoms with Crippen molar-refractivity contribution in [2.75, 3.05) is 7.11 Å². The van der Waals surface area contributed by atoms with Gasteiger partial charge in [-0.1, -0.05) is 38.1 Å². The fraction of sp³-hybridized carbons (Fsp3) is 0.625. The predicted molar refractivity (Wildman–Crippen MR) is 77.6 cm³/mol. The zero-order valence-corrected chi connectivity index (χ0v) is 12.1. The number of hydrogen-bond acceptors (Lipinski definition) is 2. The van der Waals surface area contributed by atoms with Crippen molar-refractivity contribution in [3.63, 3.8) is 0 Å². The first kappa shape index (κ1) is 15.2. The van der Waals surface area contributed by atoms with E-state index in [1.807, 2.05) is 0 Å². The molecule has 0 aliphatic rings. The second-order valence-corrected chi connectivity index (χ2v) is 5.57. The third-order valence-electron chi connectivity index (χ3n) is 3.31. The minimum atomic E-state index is 0.120. The van der Waals surface area contributed by atoms with E-state index < -0.39 is 0 Å². The fourth-order valence-corrected chi connectivity index (χ4v) is 2.12. The Morgan fingerprint density at radius 1 is 1.17 bits per heavy atom. The molecule has 0 saturated heterocycles. The van der Waals surface area contributed by atoms with Crippen LogP contribution < -0.4 is 5.73 Å². The molecule has 0 amide bonds. The zero-order valence-electron chi connectivity index (χ0n) is 12.1. The van der Waals surface area contributed by atoms with Crippen LogP contribution in [-0.2, 0) is 11.2 Å². The molecule has 18 heavy (non-hydrogen) atoms. The molecular formula is C16H27NO. The van der Waals surface area contributed by atoms with Gasteiger partial charge in [0.05, 0.1) is 6.10 Å². The summed E-state index contributed by atoms with van der Waals surface area (Å²) in [5.74, 6) is 0.685. The molecule has 0 aliphatic heterocycles. The summed E-state index contributed by atoms with van der Waals surface area (Å²) in [6, 6.07) is 8.81. The van der Waals surface area contributed by atoms with Gasteiger partial charge in [0.15, 0.2) is 0 Å². The average molecular weight is 249 g/mol. The lowest BCUT2D eigenvalue weighted by Crippen LogP contribution is -2.14. The van der Waals surface area contributed by atoms with Gasteiger partial charge in [0.2, 0.25) is 0 Å². The van der Waals surface area contributed by atoms with Gasteiger partial charge in [-0.05, 0) is 43.2 Å². The molecule has 1 rings (SSSR count). The molecule has 2 unspecified atom stereocenters. The molecule has 2 atom stereocenters. The Labute approximate surface area is 112 Å². The highest BCUT2D eigenvalue weighted by atomic mass is 16.5. The lowest BCUT2D eigenvalue weighted by Gasteiger charge is -2.16. The van der Waals surface area contributed by atoms with Gasteiger partial charge in [-0.2, -0.15) is 0 Å². The standard InChI is InChI=1S/C16H27NO/c1-12(2)10-14-6-5-7-15(11-14)16(17)9-8-13(3)18-4/h5-7,11-13,16H,8-10,17H2,1-4H3. The Morgan fingerprint density at radius 3 is 2.50 bits per heavy atom. The second kappa shape index (κ2) is 7.55. The Kier molecular flexibility index (Phi) is 6.37. The molecule has 2 N–H and O–H groups in total. The number of benzene rings is 1. The van der Waals surface area contributed by atoms with E-state index in [4.69, 9.17) is 10.5 Å². The summed E-state index contributed by atoms with van der Waals surface area (Å²) in [7, 11) is 1.75. The van der Waals surface area contributed by atoms with E-state index in [0.717, 1.165) is 19.3 Å². The number of ether oxygens (including phenoxy) is 1. The highest BCUT2D eigenvalue weighted by Crippen LogP contribution is 2.20. The van der Waals surface area contributed by atoms with Gasteiger partial charge in [0.1, 0.15) is 0 Å². The summed E-state index contributed by atoms with van der Waals surface area (Å²) < 4.78 is 5.26. The molecule has 0 radical (unpaired) electrons. The molecule has 1 aromatic rings. The van der Waals surface area contributed by atoms with Crippen LogP contribution in [0, 0.1) is 5.92 Å². The van der Waals surface area contributed by atoms with Gasteiger partial charge in [-0.15, -0.1) is 0 Å². The van der Waals surface area contributed by atoms with Crippen molar-refractivity contribution in [1.29, 1.82) is 0 Å². The van der Waals surface area contributed by atoms with Gasteiger partial charge in [-0.25, -0.2) is 0 Å². The number of methoxy groups -OCH3 is 1. The summed E-state index contributed by atoms with van der Waals surface area (Å²) in [4.78, 5) is 0. The van der Waals surface area contributed by atoms with Crippen LogP contribution in [0.15, 0.2) is 24.3 Å². The molecule has 0 saturated carbocycles. The van der Waals surface area contributed by atoms with Gasteiger partial charge in [0.25, 0.3) is 0 Å². The van der Waals surface area contributed by atoms with E-state index >= 15 is 0 Å². The van der Waals surface area contributed by atoms with Crippen LogP contribution in [0.4, 0.5) is 0 Å². The highest BCUT2D eigenvalue weighted by molar-refractivity contribution is 5.26. The van der Waals surface area contributed by atoms with Crippen LogP contribution in [0.25, 0.3) is 0 Å². The maximum atomic E-state index is 6.24. The van der Waals surface area contributed by atoms with Crippen molar-refractivity contribution < 1.29 is 4.74 Å². The Hall–Kier alpha value is -0.860. The largest absolute Gasteiger partial charge is 0.382 e. The quantitative estimate of drug-likeness (QED) is 0.799. The number of hydrogen-bond donors (Lipinski definition) is 1. The first-order valence-corrected chi connectivity index (χ1v) is 6.90. The Bertz CT molecular complexity index is 349. The van der Waals surface area contributed by atoms with E-state index in [1.54, 1.807) is 7.11 Å². The molecule has 1 aromatic carbocycles. The normalized spacial score (nSPS) is 14.8. The summed E-state index contributed by atoms with van der Waals surface area (Å²) in [5, 5.41) is 0. The van der Waals surface area contributed by atoms with Crippen molar-refractivity contribution in [2.24, 2.45) is 11.7 Å². The minimum absolute atomic E-state index is 0.120. The summed E-state index contributed by atoms with van der Waals surface area (Å²) >= 11 is 0. The van der Waals surface area contributed by atoms with Crippen molar-refractivity contribution in [3.8, 4) is 0 Å². The van der Waals surface area contributed by atoms with Crippen molar-refractivity contribution in [3.05, 3.63) is 35.4 Å². The Balaban J connectivity index is 2.59. The van der Waals surface area contributed by atoms with E-state index in [0.29, 0.717) is 5.92 Å². The van der Waals surface area contributed by atoms with Crippen LogP contribution in [0.1, 0.15) is 50.8 Å². The maximum Gasteiger partial charge on any atom is 0.0543 e. The number of rotatable bonds is 7. The molecule has 0 bridgehead atoms. The van der Waals surface area contributed by atoms with E-state index in [2.05, 4.69) is 45.0 Å². The van der Waals surface area contributed by atoms with Crippen LogP contribution in [0.3, 0.4) is 0 Å². The molecule has 2 nitrogen and oxygen atoms in total. The van der Waals surface area contributed by atoms with Crippen molar-refractivity contribution >= 4 is 0 Å². The lowest BCUT2D eigenvalue weighted by atomic mass is 9.96. The third-order valence-corrected chi connectivity index (χ3v) is 3.31. The first-order chi connectivity index (χ1) is 8.52. The van der Waals surface area contributed by atoms with Gasteiger partial charge < -0.3 is 10.5 Å². The molecule has 2 heteroatoms. The van der Waals surface area contributed by atoms with Gasteiger partial charge in [0, 0.05) is 13.2 Å². The van der Waals surface area contributed by atoms with E-state index in [1.165, 1.54) is 11.1 Å². The first-order valence-electron chi connectivity index (χ1n) is 6.90. The topological polar surface area (TPSA) is 35.2 Å². The van der Waals surface area contributed by atoms with Crippen LogP contribution in [-0.4, -0.2) is 13.2 Å². The van der Waals surface area contributed by atoms with Crippen LogP contribution in [0.5, 0.6) is 0 Å². The van der Waals surface area contributed by atoms with Crippen molar-refractivity contribution in [2.45, 2.75) is 52.2 Å². The second-order valence-electron chi connectivity index (χ2n) is 5.57. The summed E-state index contributed by atoms with van der Waals surface area (Å²) in [6.45, 7) is 6.57. The van der Waals surface area contributed by atoms with Gasteiger partial charge in [-0.3, -0.25) is 0 Å². The molecular weight excluding hydrogens is 222 g/mol. The van der Waals surface area contributed by atoms with Crippen LogP contribution >= 0.6 is 0 Å². The van der Waals surface area contributed by atoms with Crippen molar-refractivity contribution in [1.82, 2.24) is 0 Å². The lowest BCUT2D eigenvalue weighted by molar-refractivity contribution is 0.107. The molecule has 0 spiro atoms. The Morgan fingerprint density at radius 2 is 1.89 bits per heavy atom.